The topological polar surface area (TPSA) is 67.5 Å². The Morgan fingerprint density at radius 2 is 2.33 bits per heavy atom. The summed E-state index contributed by atoms with van der Waals surface area (Å²) in [6.07, 6.45) is 2.35. The van der Waals surface area contributed by atoms with Crippen LogP contribution in [0, 0.1) is 0 Å². The maximum atomic E-state index is 9.77. The standard InChI is InChI=1S/C5H4O2.C3H6O2/c6-4-5-2-1-3-7-5;1-2-3(4)5/h1-4H;2H2,1H3,(H,4,5). The molecule has 1 N–H and O–H groups in total. The average Bonchev–Trinajstić information content (AvgIpc) is 2.57. The van der Waals surface area contributed by atoms with Crippen molar-refractivity contribution < 1.29 is 19.1 Å². The van der Waals surface area contributed by atoms with E-state index in [4.69, 9.17) is 5.11 Å². The number of carbonyl (C=O) groups excluding carboxylic acids is 1. The molecule has 0 radical (unpaired) electrons. The van der Waals surface area contributed by atoms with E-state index in [2.05, 4.69) is 4.42 Å². The van der Waals surface area contributed by atoms with Crippen LogP contribution in [-0.4, -0.2) is 17.4 Å². The van der Waals surface area contributed by atoms with E-state index in [1.54, 1.807) is 19.1 Å². The SMILES string of the molecule is CCC(=O)O.O=Cc1ccco1. The molecule has 0 unspecified atom stereocenters. The second-order valence-corrected chi connectivity index (χ2v) is 1.88. The lowest BCUT2D eigenvalue weighted by Crippen LogP contribution is -1.86. The van der Waals surface area contributed by atoms with Crippen LogP contribution in [-0.2, 0) is 4.79 Å². The molecule has 1 aromatic heterocycles. The van der Waals surface area contributed by atoms with Crippen molar-refractivity contribution in [1.82, 2.24) is 0 Å². The van der Waals surface area contributed by atoms with Gasteiger partial charge >= 0.3 is 5.97 Å². The zero-order chi connectivity index (χ0) is 9.40. The molecule has 0 aromatic carbocycles. The third-order valence-electron chi connectivity index (χ3n) is 0.962. The molecule has 0 fully saturated rings. The van der Waals surface area contributed by atoms with Gasteiger partial charge in [-0.2, -0.15) is 0 Å². The van der Waals surface area contributed by atoms with E-state index in [1.807, 2.05) is 0 Å². The Kier molecular flexibility index (Phi) is 5.34. The smallest absolute Gasteiger partial charge is 0.303 e. The summed E-state index contributed by atoms with van der Waals surface area (Å²) in [6, 6.07) is 3.27. The molecular formula is C8H10O4. The maximum absolute atomic E-state index is 9.77. The van der Waals surface area contributed by atoms with Crippen LogP contribution < -0.4 is 0 Å². The summed E-state index contributed by atoms with van der Waals surface area (Å²) >= 11 is 0. The lowest BCUT2D eigenvalue weighted by Gasteiger charge is -1.71. The Balaban J connectivity index is 0.000000217. The number of aldehydes is 1. The van der Waals surface area contributed by atoms with Crippen molar-refractivity contribution in [3.05, 3.63) is 24.2 Å². The van der Waals surface area contributed by atoms with Crippen molar-refractivity contribution in [2.75, 3.05) is 0 Å². The van der Waals surface area contributed by atoms with Gasteiger partial charge in [0.15, 0.2) is 12.0 Å². The van der Waals surface area contributed by atoms with Gasteiger partial charge in [-0.3, -0.25) is 9.59 Å². The summed E-state index contributed by atoms with van der Waals surface area (Å²) < 4.78 is 4.61. The van der Waals surface area contributed by atoms with E-state index in [0.29, 0.717) is 12.0 Å². The molecule has 0 atom stereocenters. The fraction of sp³-hybridized carbons (Fsp3) is 0.250. The molecule has 0 aliphatic carbocycles. The molecule has 12 heavy (non-hydrogen) atoms. The minimum absolute atomic E-state index is 0.222. The number of carboxylic acid groups (broad SMARTS) is 1. The van der Waals surface area contributed by atoms with E-state index >= 15 is 0 Å². The van der Waals surface area contributed by atoms with E-state index in [9.17, 15) is 9.59 Å². The first kappa shape index (κ1) is 10.4. The zero-order valence-corrected chi connectivity index (χ0v) is 6.69. The molecule has 0 saturated carbocycles. The Morgan fingerprint density at radius 1 is 1.75 bits per heavy atom. The summed E-state index contributed by atoms with van der Waals surface area (Å²) in [4.78, 5) is 19.1. The highest BCUT2D eigenvalue weighted by Gasteiger charge is 1.84. The molecule has 66 valence electrons. The summed E-state index contributed by atoms with van der Waals surface area (Å²) in [5.41, 5.74) is 0. The van der Waals surface area contributed by atoms with Crippen LogP contribution in [0.2, 0.25) is 0 Å². The van der Waals surface area contributed by atoms with Crippen molar-refractivity contribution >= 4 is 12.3 Å². The summed E-state index contributed by atoms with van der Waals surface area (Å²) in [7, 11) is 0. The molecule has 1 rings (SSSR count). The molecule has 0 spiro atoms. The van der Waals surface area contributed by atoms with Gasteiger partial charge in [0.05, 0.1) is 6.26 Å². The lowest BCUT2D eigenvalue weighted by atomic mass is 10.5. The van der Waals surface area contributed by atoms with Gasteiger partial charge in [-0.15, -0.1) is 0 Å². The predicted molar refractivity (Wildman–Crippen MR) is 42.0 cm³/mol. The molecule has 0 saturated heterocycles. The van der Waals surface area contributed by atoms with Crippen LogP contribution in [0.25, 0.3) is 0 Å². The van der Waals surface area contributed by atoms with Crippen LogP contribution in [0.5, 0.6) is 0 Å². The first-order valence-corrected chi connectivity index (χ1v) is 3.41. The molecule has 0 amide bonds. The lowest BCUT2D eigenvalue weighted by molar-refractivity contribution is -0.136. The number of hydrogen-bond donors (Lipinski definition) is 1. The number of carbonyl (C=O) groups is 2. The van der Waals surface area contributed by atoms with E-state index < -0.39 is 5.97 Å². The number of hydrogen-bond acceptors (Lipinski definition) is 3. The Morgan fingerprint density at radius 3 is 2.50 bits per heavy atom. The molecule has 4 nitrogen and oxygen atoms in total. The summed E-state index contributed by atoms with van der Waals surface area (Å²) in [6.45, 7) is 1.60. The normalized spacial score (nSPS) is 8.08. The molecule has 0 aliphatic heterocycles. The van der Waals surface area contributed by atoms with E-state index in [-0.39, 0.29) is 6.42 Å². The van der Waals surface area contributed by atoms with Gasteiger partial charge < -0.3 is 9.52 Å². The van der Waals surface area contributed by atoms with Crippen LogP contribution >= 0.6 is 0 Å². The van der Waals surface area contributed by atoms with Crippen LogP contribution in [0.15, 0.2) is 22.8 Å². The minimum Gasteiger partial charge on any atom is -0.481 e. The second kappa shape index (κ2) is 6.15. The highest BCUT2D eigenvalue weighted by molar-refractivity contribution is 5.69. The fourth-order valence-electron chi connectivity index (χ4n) is 0.358. The number of furan rings is 1. The Labute approximate surface area is 69.8 Å². The third kappa shape index (κ3) is 5.22. The van der Waals surface area contributed by atoms with Gasteiger partial charge in [0.25, 0.3) is 0 Å². The number of rotatable bonds is 2. The van der Waals surface area contributed by atoms with Crippen LogP contribution in [0.3, 0.4) is 0 Å². The monoisotopic (exact) mass is 170 g/mol. The van der Waals surface area contributed by atoms with Crippen molar-refractivity contribution in [2.24, 2.45) is 0 Å². The van der Waals surface area contributed by atoms with Gasteiger partial charge in [-0.05, 0) is 12.1 Å². The number of carboxylic acids is 1. The summed E-state index contributed by atoms with van der Waals surface area (Å²) in [5.74, 6) is -0.370. The molecule has 0 aliphatic rings. The molecule has 4 heteroatoms. The minimum atomic E-state index is -0.745. The van der Waals surface area contributed by atoms with Crippen LogP contribution in [0.4, 0.5) is 0 Å². The van der Waals surface area contributed by atoms with Crippen LogP contribution in [0.1, 0.15) is 23.9 Å². The van der Waals surface area contributed by atoms with Gasteiger partial charge in [-0.1, -0.05) is 6.92 Å². The van der Waals surface area contributed by atoms with Gasteiger partial charge in [-0.25, -0.2) is 0 Å². The van der Waals surface area contributed by atoms with Crippen molar-refractivity contribution in [2.45, 2.75) is 13.3 Å². The van der Waals surface area contributed by atoms with Gasteiger partial charge in [0, 0.05) is 6.42 Å². The first-order chi connectivity index (χ1) is 5.70. The highest BCUT2D eigenvalue weighted by atomic mass is 16.4. The van der Waals surface area contributed by atoms with Crippen molar-refractivity contribution in [3.63, 3.8) is 0 Å². The third-order valence-corrected chi connectivity index (χ3v) is 0.962. The Hall–Kier alpha value is -1.58. The zero-order valence-electron chi connectivity index (χ0n) is 6.69. The number of aliphatic carboxylic acids is 1. The van der Waals surface area contributed by atoms with Crippen molar-refractivity contribution in [1.29, 1.82) is 0 Å². The molecule has 1 aromatic rings. The van der Waals surface area contributed by atoms with Gasteiger partial charge in [0.2, 0.25) is 0 Å². The Bertz CT molecular complexity index is 225. The molecular weight excluding hydrogens is 160 g/mol. The average molecular weight is 170 g/mol. The molecule has 1 heterocycles. The summed E-state index contributed by atoms with van der Waals surface area (Å²) in [5, 5.41) is 7.72. The van der Waals surface area contributed by atoms with E-state index in [1.165, 1.54) is 6.26 Å². The van der Waals surface area contributed by atoms with E-state index in [0.717, 1.165) is 0 Å². The molecule has 0 bridgehead atoms. The quantitative estimate of drug-likeness (QED) is 0.684. The fourth-order valence-corrected chi connectivity index (χ4v) is 0.358. The first-order valence-electron chi connectivity index (χ1n) is 3.41. The van der Waals surface area contributed by atoms with Crippen molar-refractivity contribution in [3.8, 4) is 0 Å². The largest absolute Gasteiger partial charge is 0.481 e. The maximum Gasteiger partial charge on any atom is 0.303 e. The second-order valence-electron chi connectivity index (χ2n) is 1.88. The highest BCUT2D eigenvalue weighted by Crippen LogP contribution is 1.92. The van der Waals surface area contributed by atoms with Gasteiger partial charge in [0.1, 0.15) is 0 Å². The predicted octanol–water partition coefficient (Wildman–Crippen LogP) is 1.57.